The quantitative estimate of drug-likeness (QED) is 0.368. The number of nitrogens with one attached hydrogen (secondary N) is 2. The molecule has 2 N–H and O–H groups in total. The van der Waals surface area contributed by atoms with Crippen LogP contribution in [-0.2, 0) is 10.4 Å². The molecule has 1 unspecified atom stereocenters. The first-order valence-corrected chi connectivity index (χ1v) is 10.0. The van der Waals surface area contributed by atoms with Crippen molar-refractivity contribution < 1.29 is 31.6 Å². The van der Waals surface area contributed by atoms with E-state index >= 15 is 0 Å². The Morgan fingerprint density at radius 1 is 1.09 bits per heavy atom. The van der Waals surface area contributed by atoms with E-state index in [1.54, 1.807) is 5.32 Å². The standard InChI is InChI=1S/C20H14Cl3F5N2O2/c1-10-4-11(2-3-15(10)17(31)29-9-19(24,25)26)16-8-18(32-30-16,20(23,27)28)12-5-13(21)7-14(22)6-12/h2-8,30H,9H2,1H3,(H,29,31). The van der Waals surface area contributed by atoms with Crippen LogP contribution >= 0.6 is 34.8 Å². The van der Waals surface area contributed by atoms with E-state index in [2.05, 4.69) is 5.48 Å². The van der Waals surface area contributed by atoms with Crippen LogP contribution in [0.25, 0.3) is 5.70 Å². The van der Waals surface area contributed by atoms with E-state index in [4.69, 9.17) is 39.6 Å². The second-order valence-corrected chi connectivity index (χ2v) is 8.33. The average Bonchev–Trinajstić information content (AvgIpc) is 3.11. The normalized spacial score (nSPS) is 18.8. The molecule has 0 saturated carbocycles. The monoisotopic (exact) mass is 514 g/mol. The number of hydroxylamine groups is 1. The summed E-state index contributed by atoms with van der Waals surface area (Å²) in [6, 6.07) is 7.87. The third-order valence-electron chi connectivity index (χ3n) is 4.61. The number of hydrogen-bond acceptors (Lipinski definition) is 3. The Bertz CT molecular complexity index is 1070. The summed E-state index contributed by atoms with van der Waals surface area (Å²) < 4.78 is 65.9. The van der Waals surface area contributed by atoms with Crippen LogP contribution in [-0.4, -0.2) is 24.0 Å². The van der Waals surface area contributed by atoms with Crippen molar-refractivity contribution in [1.82, 2.24) is 10.8 Å². The van der Waals surface area contributed by atoms with Crippen LogP contribution in [0, 0.1) is 6.92 Å². The van der Waals surface area contributed by atoms with Crippen LogP contribution in [0.5, 0.6) is 0 Å². The number of hydrogen-bond donors (Lipinski definition) is 2. The highest BCUT2D eigenvalue weighted by Gasteiger charge is 2.57. The molecule has 4 nitrogen and oxygen atoms in total. The number of rotatable bonds is 5. The molecule has 1 aliphatic rings. The number of halogens is 8. The van der Waals surface area contributed by atoms with Crippen molar-refractivity contribution in [1.29, 1.82) is 0 Å². The molecule has 1 atom stereocenters. The Kier molecular flexibility index (Phi) is 6.68. The molecule has 32 heavy (non-hydrogen) atoms. The largest absolute Gasteiger partial charge is 0.405 e. The lowest BCUT2D eigenvalue weighted by Crippen LogP contribution is -2.41. The fraction of sp³-hybridized carbons (Fsp3) is 0.250. The van der Waals surface area contributed by atoms with Crippen LogP contribution in [0.4, 0.5) is 22.0 Å². The van der Waals surface area contributed by atoms with Gasteiger partial charge in [-0.3, -0.25) is 15.1 Å². The van der Waals surface area contributed by atoms with Crippen molar-refractivity contribution in [2.24, 2.45) is 0 Å². The molecule has 2 aromatic carbocycles. The molecule has 172 valence electrons. The molecule has 0 radical (unpaired) electrons. The molecule has 0 aromatic heterocycles. The summed E-state index contributed by atoms with van der Waals surface area (Å²) in [4.78, 5) is 17.2. The van der Waals surface area contributed by atoms with Gasteiger partial charge in [0.15, 0.2) is 0 Å². The fourth-order valence-electron chi connectivity index (χ4n) is 3.12. The summed E-state index contributed by atoms with van der Waals surface area (Å²) in [5.41, 5.74) is 0.532. The van der Waals surface area contributed by atoms with E-state index in [-0.39, 0.29) is 26.9 Å². The van der Waals surface area contributed by atoms with Crippen molar-refractivity contribution in [2.75, 3.05) is 6.54 Å². The van der Waals surface area contributed by atoms with Crippen LogP contribution in [0.15, 0.2) is 42.5 Å². The van der Waals surface area contributed by atoms with Crippen LogP contribution in [0.2, 0.25) is 10.0 Å². The summed E-state index contributed by atoms with van der Waals surface area (Å²) in [7, 11) is 0. The number of aryl methyl sites for hydroxylation is 1. The summed E-state index contributed by atoms with van der Waals surface area (Å²) >= 11 is 17.3. The van der Waals surface area contributed by atoms with Gasteiger partial charge in [-0.25, -0.2) is 0 Å². The molecule has 0 fully saturated rings. The molecule has 1 aliphatic heterocycles. The Hall–Kier alpha value is -2.07. The Morgan fingerprint density at radius 2 is 1.72 bits per heavy atom. The highest BCUT2D eigenvalue weighted by atomic mass is 35.5. The average molecular weight is 516 g/mol. The second kappa shape index (κ2) is 8.70. The second-order valence-electron chi connectivity index (χ2n) is 6.98. The van der Waals surface area contributed by atoms with Crippen molar-refractivity contribution in [3.63, 3.8) is 0 Å². The first-order valence-electron chi connectivity index (χ1n) is 8.88. The third-order valence-corrected chi connectivity index (χ3v) is 5.33. The number of alkyl halides is 6. The highest BCUT2D eigenvalue weighted by Crippen LogP contribution is 2.49. The number of carbonyl (C=O) groups is 1. The smallest absolute Gasteiger partial charge is 0.343 e. The van der Waals surface area contributed by atoms with Gasteiger partial charge in [-0.15, -0.1) is 0 Å². The van der Waals surface area contributed by atoms with Gasteiger partial charge in [-0.1, -0.05) is 29.3 Å². The maximum Gasteiger partial charge on any atom is 0.405 e. The van der Waals surface area contributed by atoms with Crippen LogP contribution < -0.4 is 10.8 Å². The van der Waals surface area contributed by atoms with E-state index in [1.165, 1.54) is 43.3 Å². The summed E-state index contributed by atoms with van der Waals surface area (Å²) in [5.74, 6) is -0.925. The lowest BCUT2D eigenvalue weighted by Gasteiger charge is -2.30. The zero-order valence-electron chi connectivity index (χ0n) is 16.1. The number of benzene rings is 2. The zero-order chi connectivity index (χ0) is 23.9. The predicted octanol–water partition coefficient (Wildman–Crippen LogP) is 6.20. The van der Waals surface area contributed by atoms with E-state index in [9.17, 15) is 26.7 Å². The molecule has 0 aliphatic carbocycles. The minimum absolute atomic E-state index is 0.00641. The van der Waals surface area contributed by atoms with E-state index < -0.39 is 29.6 Å². The van der Waals surface area contributed by atoms with Crippen LogP contribution in [0.3, 0.4) is 0 Å². The van der Waals surface area contributed by atoms with Crippen LogP contribution in [0.1, 0.15) is 27.0 Å². The molecule has 12 heteroatoms. The maximum absolute atomic E-state index is 14.5. The van der Waals surface area contributed by atoms with Crippen molar-refractivity contribution in [3.05, 3.63) is 74.8 Å². The summed E-state index contributed by atoms with van der Waals surface area (Å²) in [6.07, 6.45) is -3.51. The molecular formula is C20H14Cl3F5N2O2. The number of carbonyl (C=O) groups excluding carboxylic acids is 1. The van der Waals surface area contributed by atoms with Crippen molar-refractivity contribution >= 4 is 46.4 Å². The van der Waals surface area contributed by atoms with Gasteiger partial charge in [0.05, 0.1) is 5.70 Å². The van der Waals surface area contributed by atoms with Gasteiger partial charge in [-0.05, 0) is 66.1 Å². The maximum atomic E-state index is 14.5. The SMILES string of the molecule is Cc1cc(C2=CC(c3cc(Cl)cc(Cl)c3)(C(F)(F)Cl)ON2)ccc1C(=O)NCC(F)(F)F. The molecule has 2 aromatic rings. The van der Waals surface area contributed by atoms with Gasteiger partial charge >= 0.3 is 11.6 Å². The first kappa shape index (κ1) is 24.6. The molecule has 3 rings (SSSR count). The Labute approximate surface area is 194 Å². The summed E-state index contributed by atoms with van der Waals surface area (Å²) in [5, 5.41) is -1.98. The van der Waals surface area contributed by atoms with Crippen molar-refractivity contribution in [3.8, 4) is 0 Å². The van der Waals surface area contributed by atoms with Gasteiger partial charge in [0.2, 0.25) is 5.60 Å². The Morgan fingerprint density at radius 3 is 2.25 bits per heavy atom. The lowest BCUT2D eigenvalue weighted by molar-refractivity contribution is -0.153. The fourth-order valence-corrected chi connectivity index (χ4v) is 3.84. The number of amides is 1. The molecule has 0 bridgehead atoms. The van der Waals surface area contributed by atoms with Crippen molar-refractivity contribution in [2.45, 2.75) is 24.1 Å². The van der Waals surface area contributed by atoms with E-state index in [1.807, 2.05) is 0 Å². The molecule has 1 amide bonds. The topological polar surface area (TPSA) is 50.4 Å². The van der Waals surface area contributed by atoms with E-state index in [0.29, 0.717) is 11.1 Å². The summed E-state index contributed by atoms with van der Waals surface area (Å²) in [6.45, 7) is 0.00557. The predicted molar refractivity (Wildman–Crippen MR) is 111 cm³/mol. The van der Waals surface area contributed by atoms with E-state index in [0.717, 1.165) is 6.08 Å². The van der Waals surface area contributed by atoms with Gasteiger partial charge < -0.3 is 5.32 Å². The van der Waals surface area contributed by atoms with Gasteiger partial charge in [0.1, 0.15) is 6.54 Å². The highest BCUT2D eigenvalue weighted by molar-refractivity contribution is 6.34. The third kappa shape index (κ3) is 5.11. The lowest BCUT2D eigenvalue weighted by atomic mass is 9.92. The molecular weight excluding hydrogens is 502 g/mol. The van der Waals surface area contributed by atoms with Gasteiger partial charge in [0.25, 0.3) is 5.91 Å². The minimum Gasteiger partial charge on any atom is -0.343 e. The molecule has 1 heterocycles. The minimum atomic E-state index is -4.56. The van der Waals surface area contributed by atoms with Gasteiger partial charge in [-0.2, -0.15) is 22.0 Å². The first-order chi connectivity index (χ1) is 14.7. The zero-order valence-corrected chi connectivity index (χ0v) is 18.4. The Balaban J connectivity index is 1.96. The molecule has 0 saturated heterocycles. The molecule has 0 spiro atoms. The van der Waals surface area contributed by atoms with Gasteiger partial charge in [0, 0.05) is 21.2 Å².